The van der Waals surface area contributed by atoms with Gasteiger partial charge < -0.3 is 24.8 Å². The van der Waals surface area contributed by atoms with E-state index in [4.69, 9.17) is 4.74 Å². The number of carbonyl (C=O) groups excluding carboxylic acids is 1. The van der Waals surface area contributed by atoms with Crippen LogP contribution in [0.2, 0.25) is 0 Å². The first-order valence-electron chi connectivity index (χ1n) is 16.6. The fourth-order valence-electron chi connectivity index (χ4n) is 5.04. The van der Waals surface area contributed by atoms with Crippen LogP contribution in [0.3, 0.4) is 0 Å². The molecule has 8 nitrogen and oxygen atoms in total. The number of hydrogen-bond acceptors (Lipinski definition) is 8. The minimum Gasteiger partial charge on any atom is -0.489 e. The van der Waals surface area contributed by atoms with Crippen LogP contribution in [0, 0.1) is 23.5 Å². The van der Waals surface area contributed by atoms with Crippen molar-refractivity contribution in [2.75, 3.05) is 7.11 Å². The Labute approximate surface area is 321 Å². The molecular formula is C42H44LiNO7S-2. The summed E-state index contributed by atoms with van der Waals surface area (Å²) in [4.78, 5) is 20.3. The molecule has 0 saturated carbocycles. The van der Waals surface area contributed by atoms with E-state index >= 15 is 0 Å². The smallest absolute Gasteiger partial charge is 0.489 e. The molecule has 0 spiro atoms. The SMILES string of the molecule is C=C(/C=C\C1=C(C)CCC[CH-]1)C(=O)OC.O=[N+]([O-])c1ccccc1[S-](=O)=O.[CH2-]Cc1ccccc1OCc1ccc(CCc2ccccc2)cc1.[Li+]. The van der Waals surface area contributed by atoms with E-state index in [9.17, 15) is 23.3 Å². The quantitative estimate of drug-likeness (QED) is 0.0236. The minimum absolute atomic E-state index is 0. The first-order chi connectivity index (χ1) is 24.6. The van der Waals surface area contributed by atoms with Crippen molar-refractivity contribution in [1.82, 2.24) is 0 Å². The van der Waals surface area contributed by atoms with E-state index in [2.05, 4.69) is 92.2 Å². The zero-order valence-electron chi connectivity index (χ0n) is 30.1. The van der Waals surface area contributed by atoms with Gasteiger partial charge in [0.2, 0.25) is 0 Å². The van der Waals surface area contributed by atoms with Crippen molar-refractivity contribution in [1.29, 1.82) is 0 Å². The topological polar surface area (TPSA) is 113 Å². The van der Waals surface area contributed by atoms with Crippen molar-refractivity contribution in [3.8, 4) is 5.75 Å². The van der Waals surface area contributed by atoms with Gasteiger partial charge in [0.1, 0.15) is 12.4 Å². The Bertz CT molecular complexity index is 1880. The van der Waals surface area contributed by atoms with Crippen molar-refractivity contribution in [2.45, 2.75) is 57.0 Å². The van der Waals surface area contributed by atoms with Gasteiger partial charge in [-0.2, -0.15) is 30.1 Å². The standard InChI is InChI=1S/C23H23O.C13H17O2.C6H4NO4S.Li/c1-2-22-10-6-7-11-23(22)24-18-21-16-14-20(15-17-21)13-12-19-8-4-3-5-9-19;1-10-6-4-5-7-12(10)9-8-11(2)13(14)15-3;8-7(9)5-3-1-2-4-6(5)12(10)11;/h3-11,14-17H,1-2,12-13,18H2;7-9H,2,4-6H2,1,3H3;1-4H;/q3*-1;+1/b;9-8-;;. The zero-order valence-corrected chi connectivity index (χ0v) is 30.9. The third-order valence-corrected chi connectivity index (χ3v) is 8.67. The van der Waals surface area contributed by atoms with Crippen molar-refractivity contribution in [3.05, 3.63) is 184 Å². The Balaban J connectivity index is 0.000000289. The normalized spacial score (nSPS) is 11.9. The van der Waals surface area contributed by atoms with Gasteiger partial charge in [0, 0.05) is 11.6 Å². The number of rotatable bonds is 12. The number of benzene rings is 4. The van der Waals surface area contributed by atoms with Gasteiger partial charge in [-0.25, -0.2) is 4.79 Å². The van der Waals surface area contributed by atoms with E-state index in [1.54, 1.807) is 6.08 Å². The molecule has 0 N–H and O–H groups in total. The maximum absolute atomic E-state index is 11.1. The molecule has 1 aliphatic rings. The maximum Gasteiger partial charge on any atom is 1.00 e. The molecular weight excluding hydrogens is 669 g/mol. The van der Waals surface area contributed by atoms with Crippen LogP contribution in [0.15, 0.2) is 143 Å². The van der Waals surface area contributed by atoms with Gasteiger partial charge in [-0.15, -0.1) is 6.08 Å². The Morgan fingerprint density at radius 3 is 2.12 bits per heavy atom. The number of hydrogen-bond donors (Lipinski definition) is 0. The van der Waals surface area contributed by atoms with E-state index in [-0.39, 0.29) is 29.7 Å². The number of carbonyl (C=O) groups is 1. The molecule has 0 heterocycles. The van der Waals surface area contributed by atoms with Crippen molar-refractivity contribution >= 4 is 22.4 Å². The summed E-state index contributed by atoms with van der Waals surface area (Å²) in [5, 5.41) is 10.3. The van der Waals surface area contributed by atoms with Gasteiger partial charge in [-0.05, 0) is 56.8 Å². The maximum atomic E-state index is 11.1. The Hall–Kier alpha value is -4.81. The zero-order chi connectivity index (χ0) is 37.0. The molecule has 0 unspecified atom stereocenters. The third-order valence-electron chi connectivity index (χ3n) is 7.97. The molecule has 52 heavy (non-hydrogen) atoms. The molecule has 0 bridgehead atoms. The number of allylic oxidation sites excluding steroid dienone is 3. The van der Waals surface area contributed by atoms with Crippen LogP contribution < -0.4 is 23.6 Å². The van der Waals surface area contributed by atoms with E-state index in [1.807, 2.05) is 24.3 Å². The number of ether oxygens (including phenoxy) is 2. The fourth-order valence-corrected chi connectivity index (χ4v) is 5.54. The number of para-hydroxylation sites is 2. The predicted molar refractivity (Wildman–Crippen MR) is 201 cm³/mol. The number of nitro benzene ring substituents is 1. The first kappa shape index (κ1) is 43.4. The van der Waals surface area contributed by atoms with Gasteiger partial charge in [-0.1, -0.05) is 124 Å². The largest absolute Gasteiger partial charge is 1.00 e. The van der Waals surface area contributed by atoms with E-state index in [1.165, 1.54) is 59.6 Å². The minimum atomic E-state index is -2.55. The molecule has 0 fully saturated rings. The number of esters is 1. The van der Waals surface area contributed by atoms with Crippen LogP contribution in [0.4, 0.5) is 5.69 Å². The molecule has 4 aromatic rings. The summed E-state index contributed by atoms with van der Waals surface area (Å²) < 4.78 is 31.3. The summed E-state index contributed by atoms with van der Waals surface area (Å²) in [6.45, 7) is 10.3. The third kappa shape index (κ3) is 14.8. The average Bonchev–Trinajstić information content (AvgIpc) is 3.16. The van der Waals surface area contributed by atoms with E-state index in [0.717, 1.165) is 49.5 Å². The van der Waals surface area contributed by atoms with E-state index in [0.29, 0.717) is 12.2 Å². The van der Waals surface area contributed by atoms with Crippen LogP contribution in [0.1, 0.15) is 48.4 Å². The molecule has 0 atom stereocenters. The average molecular weight is 714 g/mol. The molecule has 0 amide bonds. The Morgan fingerprint density at radius 2 is 1.52 bits per heavy atom. The van der Waals surface area contributed by atoms with E-state index < -0.39 is 21.3 Å². The number of nitrogens with zero attached hydrogens (tertiary/aromatic N) is 1. The number of nitro groups is 1. The van der Waals surface area contributed by atoms with Gasteiger partial charge in [0.05, 0.1) is 12.0 Å². The van der Waals surface area contributed by atoms with Crippen LogP contribution in [0.5, 0.6) is 5.75 Å². The second kappa shape index (κ2) is 23.6. The van der Waals surface area contributed by atoms with Crippen LogP contribution in [-0.2, 0) is 54.5 Å². The summed E-state index contributed by atoms with van der Waals surface area (Å²) in [5.74, 6) is 0.556. The molecule has 4 aromatic carbocycles. The molecule has 0 aromatic heterocycles. The van der Waals surface area contributed by atoms with Gasteiger partial charge in [0.25, 0.3) is 5.69 Å². The summed E-state index contributed by atoms with van der Waals surface area (Å²) >= 11 is 0. The summed E-state index contributed by atoms with van der Waals surface area (Å²) in [7, 11) is -1.19. The summed E-state index contributed by atoms with van der Waals surface area (Å²) in [6, 6.07) is 32.6. The molecule has 5 rings (SSSR count). The molecule has 0 saturated heterocycles. The second-order valence-electron chi connectivity index (χ2n) is 11.6. The number of methoxy groups -OCH3 is 1. The summed E-state index contributed by atoms with van der Waals surface area (Å²) in [5.41, 5.74) is 7.66. The Morgan fingerprint density at radius 1 is 0.923 bits per heavy atom. The second-order valence-corrected chi connectivity index (χ2v) is 12.5. The molecule has 0 radical (unpaired) electrons. The predicted octanol–water partition coefficient (Wildman–Crippen LogP) is 6.67. The number of aryl methyl sites for hydroxylation is 2. The monoisotopic (exact) mass is 713 g/mol. The van der Waals surface area contributed by atoms with Gasteiger partial charge in [0.15, 0.2) is 0 Å². The van der Waals surface area contributed by atoms with Crippen molar-refractivity contribution in [3.63, 3.8) is 0 Å². The first-order valence-corrected chi connectivity index (χ1v) is 17.6. The van der Waals surface area contributed by atoms with Crippen LogP contribution in [-0.4, -0.2) is 18.0 Å². The summed E-state index contributed by atoms with van der Waals surface area (Å²) in [6.07, 6.45) is 12.2. The van der Waals surface area contributed by atoms with Crippen molar-refractivity contribution < 1.29 is 46.5 Å². The molecule has 0 aliphatic heterocycles. The van der Waals surface area contributed by atoms with Crippen LogP contribution in [0.25, 0.3) is 0 Å². The molecule has 10 heteroatoms. The molecule has 268 valence electrons. The molecule has 1 aliphatic carbocycles. The van der Waals surface area contributed by atoms with Crippen molar-refractivity contribution in [2.24, 2.45) is 0 Å². The van der Waals surface area contributed by atoms with Gasteiger partial charge >= 0.3 is 24.8 Å². The fraction of sp³-hybridized carbons (Fsp3) is 0.214. The van der Waals surface area contributed by atoms with Gasteiger partial charge in [-0.3, -0.25) is 10.1 Å². The Kier molecular flexibility index (Phi) is 19.7. The van der Waals surface area contributed by atoms with Crippen LogP contribution >= 0.6 is 0 Å².